The summed E-state index contributed by atoms with van der Waals surface area (Å²) >= 11 is 1.51. The van der Waals surface area contributed by atoms with E-state index in [1.54, 1.807) is 11.6 Å². The average Bonchev–Trinajstić information content (AvgIpc) is 3.21. The van der Waals surface area contributed by atoms with E-state index in [0.717, 1.165) is 28.6 Å². The number of nitrogens with one attached hydrogen (secondary N) is 1. The summed E-state index contributed by atoms with van der Waals surface area (Å²) in [4.78, 5) is 16.9. The topological polar surface area (TPSA) is 71.5 Å². The molecule has 1 aliphatic heterocycles. The van der Waals surface area contributed by atoms with Gasteiger partial charge in [0.2, 0.25) is 0 Å². The molecule has 5 nitrogen and oxygen atoms in total. The van der Waals surface area contributed by atoms with Gasteiger partial charge < -0.3 is 15.2 Å². The van der Waals surface area contributed by atoms with Gasteiger partial charge in [0.1, 0.15) is 5.60 Å². The summed E-state index contributed by atoms with van der Waals surface area (Å²) in [5.41, 5.74) is 2.95. The second-order valence-corrected chi connectivity index (χ2v) is 7.78. The number of amides is 1. The molecule has 0 radical (unpaired) electrons. The molecule has 3 aromatic rings. The van der Waals surface area contributed by atoms with Crippen LogP contribution in [0.25, 0.3) is 10.2 Å². The molecule has 0 spiro atoms. The second-order valence-electron chi connectivity index (χ2n) is 6.89. The summed E-state index contributed by atoms with van der Waals surface area (Å²) in [6.45, 7) is 1.44. The van der Waals surface area contributed by atoms with E-state index in [4.69, 9.17) is 4.74 Å². The van der Waals surface area contributed by atoms with Crippen molar-refractivity contribution in [1.82, 2.24) is 10.3 Å². The summed E-state index contributed by atoms with van der Waals surface area (Å²) in [6, 6.07) is 15.1. The van der Waals surface area contributed by atoms with Gasteiger partial charge in [-0.1, -0.05) is 30.3 Å². The number of aromatic nitrogens is 1. The average molecular weight is 382 g/mol. The monoisotopic (exact) mass is 382 g/mol. The fourth-order valence-corrected chi connectivity index (χ4v) is 4.41. The zero-order chi connectivity index (χ0) is 18.7. The highest BCUT2D eigenvalue weighted by molar-refractivity contribution is 7.16. The van der Waals surface area contributed by atoms with Crippen molar-refractivity contribution in [2.45, 2.75) is 18.4 Å². The van der Waals surface area contributed by atoms with Crippen LogP contribution in [0.5, 0.6) is 0 Å². The molecule has 4 rings (SSSR count). The van der Waals surface area contributed by atoms with Crippen LogP contribution in [0.4, 0.5) is 0 Å². The van der Waals surface area contributed by atoms with Crippen LogP contribution in [0.1, 0.15) is 28.8 Å². The number of carbonyl (C=O) groups excluding carboxylic acids is 1. The Morgan fingerprint density at radius 1 is 1.22 bits per heavy atom. The number of hydrogen-bond acceptors (Lipinski definition) is 5. The minimum Gasteiger partial charge on any atom is -0.383 e. The van der Waals surface area contributed by atoms with Crippen LogP contribution in [0.15, 0.2) is 54.0 Å². The zero-order valence-electron chi connectivity index (χ0n) is 14.9. The van der Waals surface area contributed by atoms with Crippen LogP contribution in [-0.2, 0) is 10.3 Å². The SMILES string of the molecule is O=C(NC[C@@](O)(c1ccccc1)C1CCOCC1)c1ccc2ncsc2c1. The van der Waals surface area contributed by atoms with Gasteiger partial charge in [-0.15, -0.1) is 11.3 Å². The first-order chi connectivity index (χ1) is 13.2. The van der Waals surface area contributed by atoms with Gasteiger partial charge >= 0.3 is 0 Å². The van der Waals surface area contributed by atoms with Crippen molar-refractivity contribution >= 4 is 27.5 Å². The Labute approximate surface area is 162 Å². The second kappa shape index (κ2) is 7.76. The van der Waals surface area contributed by atoms with Crippen molar-refractivity contribution in [3.63, 3.8) is 0 Å². The van der Waals surface area contributed by atoms with Crippen molar-refractivity contribution in [2.75, 3.05) is 19.8 Å². The number of fused-ring (bicyclic) bond motifs is 1. The molecule has 0 saturated carbocycles. The lowest BCUT2D eigenvalue weighted by Crippen LogP contribution is -2.47. The Hall–Kier alpha value is -2.28. The van der Waals surface area contributed by atoms with E-state index in [1.807, 2.05) is 42.5 Å². The Balaban J connectivity index is 1.55. The third-order valence-electron chi connectivity index (χ3n) is 5.28. The van der Waals surface area contributed by atoms with Gasteiger partial charge in [-0.3, -0.25) is 4.79 Å². The quantitative estimate of drug-likeness (QED) is 0.710. The van der Waals surface area contributed by atoms with Crippen LogP contribution < -0.4 is 5.32 Å². The molecule has 2 aromatic carbocycles. The molecule has 1 fully saturated rings. The van der Waals surface area contributed by atoms with E-state index in [2.05, 4.69) is 10.3 Å². The molecule has 27 heavy (non-hydrogen) atoms. The molecular weight excluding hydrogens is 360 g/mol. The Morgan fingerprint density at radius 2 is 2.00 bits per heavy atom. The van der Waals surface area contributed by atoms with Crippen LogP contribution in [0.3, 0.4) is 0 Å². The minimum absolute atomic E-state index is 0.0397. The molecule has 1 atom stereocenters. The van der Waals surface area contributed by atoms with Crippen molar-refractivity contribution in [1.29, 1.82) is 0 Å². The van der Waals surface area contributed by atoms with Crippen LogP contribution in [0.2, 0.25) is 0 Å². The van der Waals surface area contributed by atoms with Gasteiger partial charge in [0.15, 0.2) is 0 Å². The van der Waals surface area contributed by atoms with Gasteiger partial charge in [0.25, 0.3) is 5.91 Å². The predicted octanol–water partition coefficient (Wildman–Crippen LogP) is 3.34. The Bertz CT molecular complexity index is 921. The molecule has 0 aliphatic carbocycles. The lowest BCUT2D eigenvalue weighted by Gasteiger charge is -2.39. The summed E-state index contributed by atoms with van der Waals surface area (Å²) in [7, 11) is 0. The third-order valence-corrected chi connectivity index (χ3v) is 6.07. The van der Waals surface area contributed by atoms with E-state index in [0.29, 0.717) is 18.8 Å². The van der Waals surface area contributed by atoms with Crippen LogP contribution >= 0.6 is 11.3 Å². The third kappa shape index (κ3) is 3.74. The molecule has 2 heterocycles. The summed E-state index contributed by atoms with van der Waals surface area (Å²) in [5.74, 6) is -0.148. The molecule has 1 saturated heterocycles. The van der Waals surface area contributed by atoms with E-state index in [9.17, 15) is 9.90 Å². The first-order valence-corrected chi connectivity index (χ1v) is 10.0. The maximum Gasteiger partial charge on any atom is 0.251 e. The number of thiazole rings is 1. The molecule has 140 valence electrons. The van der Waals surface area contributed by atoms with E-state index in [-0.39, 0.29) is 18.4 Å². The number of ether oxygens (including phenoxy) is 1. The van der Waals surface area contributed by atoms with Crippen molar-refractivity contribution in [2.24, 2.45) is 5.92 Å². The number of aliphatic hydroxyl groups is 1. The molecule has 0 unspecified atom stereocenters. The smallest absolute Gasteiger partial charge is 0.251 e. The number of benzene rings is 2. The molecule has 0 bridgehead atoms. The minimum atomic E-state index is -1.12. The van der Waals surface area contributed by atoms with Crippen LogP contribution in [-0.4, -0.2) is 35.8 Å². The summed E-state index contributed by atoms with van der Waals surface area (Å²) in [5, 5.41) is 14.5. The van der Waals surface area contributed by atoms with E-state index < -0.39 is 5.60 Å². The molecular formula is C21H22N2O3S. The summed E-state index contributed by atoms with van der Waals surface area (Å²) in [6.07, 6.45) is 1.54. The molecule has 6 heteroatoms. The molecule has 1 amide bonds. The molecule has 1 aromatic heterocycles. The van der Waals surface area contributed by atoms with E-state index in [1.165, 1.54) is 11.3 Å². The Kier molecular flexibility index (Phi) is 5.20. The maximum absolute atomic E-state index is 12.7. The van der Waals surface area contributed by atoms with Crippen molar-refractivity contribution in [3.05, 3.63) is 65.2 Å². The number of carbonyl (C=O) groups is 1. The van der Waals surface area contributed by atoms with Gasteiger partial charge in [-0.25, -0.2) is 4.98 Å². The normalized spacial score (nSPS) is 17.5. The Morgan fingerprint density at radius 3 is 2.78 bits per heavy atom. The number of rotatable bonds is 5. The summed E-state index contributed by atoms with van der Waals surface area (Å²) < 4.78 is 6.43. The lowest BCUT2D eigenvalue weighted by atomic mass is 9.77. The van der Waals surface area contributed by atoms with Gasteiger partial charge in [0, 0.05) is 18.8 Å². The molecule has 1 aliphatic rings. The number of hydrogen-bond donors (Lipinski definition) is 2. The number of nitrogens with zero attached hydrogens (tertiary/aromatic N) is 1. The lowest BCUT2D eigenvalue weighted by molar-refractivity contribution is -0.0680. The van der Waals surface area contributed by atoms with Crippen LogP contribution in [0, 0.1) is 5.92 Å². The fraction of sp³-hybridized carbons (Fsp3) is 0.333. The highest BCUT2D eigenvalue weighted by Gasteiger charge is 2.39. The zero-order valence-corrected chi connectivity index (χ0v) is 15.7. The predicted molar refractivity (Wildman–Crippen MR) is 106 cm³/mol. The highest BCUT2D eigenvalue weighted by Crippen LogP contribution is 2.35. The largest absolute Gasteiger partial charge is 0.383 e. The van der Waals surface area contributed by atoms with Crippen molar-refractivity contribution in [3.8, 4) is 0 Å². The highest BCUT2D eigenvalue weighted by atomic mass is 32.1. The first-order valence-electron chi connectivity index (χ1n) is 9.14. The standard InChI is InChI=1S/C21H22N2O3S/c24-20(15-6-7-18-19(12-15)27-14-23-18)22-13-21(25,16-4-2-1-3-5-16)17-8-10-26-11-9-17/h1-7,12,14,17,25H,8-11,13H2,(H,22,24)/t21-/m1/s1. The molecule has 2 N–H and O–H groups in total. The fourth-order valence-electron chi connectivity index (χ4n) is 3.70. The van der Waals surface area contributed by atoms with Gasteiger partial charge in [0.05, 0.1) is 22.3 Å². The maximum atomic E-state index is 12.7. The first kappa shape index (κ1) is 18.1. The van der Waals surface area contributed by atoms with Gasteiger partial charge in [-0.05, 0) is 42.5 Å². The van der Waals surface area contributed by atoms with Crippen molar-refractivity contribution < 1.29 is 14.6 Å². The van der Waals surface area contributed by atoms with E-state index >= 15 is 0 Å². The van der Waals surface area contributed by atoms with Gasteiger partial charge in [-0.2, -0.15) is 0 Å².